The van der Waals surface area contributed by atoms with Crippen LogP contribution in [-0.4, -0.2) is 23.2 Å². The summed E-state index contributed by atoms with van der Waals surface area (Å²) in [5, 5.41) is 0.635. The second-order valence-corrected chi connectivity index (χ2v) is 4.32. The molecule has 0 saturated carbocycles. The van der Waals surface area contributed by atoms with E-state index in [1.54, 1.807) is 7.11 Å². The van der Waals surface area contributed by atoms with Crippen LogP contribution < -0.4 is 0 Å². The van der Waals surface area contributed by atoms with E-state index in [2.05, 4.69) is 9.97 Å². The first kappa shape index (κ1) is 10.8. The number of hydrogen-bond acceptors (Lipinski definition) is 3. The maximum Gasteiger partial charge on any atom is 0.136 e. The summed E-state index contributed by atoms with van der Waals surface area (Å²) in [6, 6.07) is 0. The third-order valence-electron chi connectivity index (χ3n) is 2.80. The summed E-state index contributed by atoms with van der Waals surface area (Å²) in [6.07, 6.45) is 4.07. The molecular weight excluding hydrogens is 212 g/mol. The second-order valence-electron chi connectivity index (χ2n) is 3.96. The largest absolute Gasteiger partial charge is 0.381 e. The van der Waals surface area contributed by atoms with Gasteiger partial charge in [-0.15, -0.1) is 0 Å². The average Bonchev–Trinajstić information content (AvgIpc) is 2.66. The Kier molecular flexibility index (Phi) is 3.22. The fourth-order valence-corrected chi connectivity index (χ4v) is 2.17. The van der Waals surface area contributed by atoms with Gasteiger partial charge in [-0.1, -0.05) is 11.6 Å². The van der Waals surface area contributed by atoms with Gasteiger partial charge < -0.3 is 4.74 Å². The zero-order valence-electron chi connectivity index (χ0n) is 9.09. The molecule has 82 valence electrons. The Morgan fingerprint density at radius 1 is 1.40 bits per heavy atom. The topological polar surface area (TPSA) is 35.0 Å². The number of rotatable bonds is 3. The highest BCUT2D eigenvalue weighted by Crippen LogP contribution is 2.26. The molecule has 0 fully saturated rings. The van der Waals surface area contributed by atoms with Gasteiger partial charge in [0.15, 0.2) is 0 Å². The molecule has 0 amide bonds. The molecule has 0 N–H and O–H groups in total. The van der Waals surface area contributed by atoms with Gasteiger partial charge in [-0.3, -0.25) is 0 Å². The molecule has 1 aromatic rings. The fourth-order valence-electron chi connectivity index (χ4n) is 1.87. The van der Waals surface area contributed by atoms with Crippen molar-refractivity contribution >= 4 is 11.6 Å². The smallest absolute Gasteiger partial charge is 0.136 e. The lowest BCUT2D eigenvalue weighted by atomic mass is 10.2. The molecule has 1 atom stereocenters. The van der Waals surface area contributed by atoms with Gasteiger partial charge in [0.05, 0.1) is 6.10 Å². The van der Waals surface area contributed by atoms with Crippen molar-refractivity contribution in [2.45, 2.75) is 38.7 Å². The molecule has 1 heterocycles. The first-order chi connectivity index (χ1) is 7.20. The van der Waals surface area contributed by atoms with Crippen LogP contribution in [0.1, 0.15) is 30.4 Å². The standard InChI is InChI=1S/C11H15ClN2O/c1-7(15-2)6-10-13-9-5-3-4-8(9)11(12)14-10/h7H,3-6H2,1-2H3. The normalized spacial score (nSPS) is 16.5. The number of hydrogen-bond donors (Lipinski definition) is 0. The van der Waals surface area contributed by atoms with Crippen LogP contribution in [0.3, 0.4) is 0 Å². The van der Waals surface area contributed by atoms with Crippen molar-refractivity contribution in [3.8, 4) is 0 Å². The minimum absolute atomic E-state index is 0.139. The van der Waals surface area contributed by atoms with Crippen molar-refractivity contribution in [1.29, 1.82) is 0 Å². The SMILES string of the molecule is COC(C)Cc1nc(Cl)c2c(n1)CCC2. The quantitative estimate of drug-likeness (QED) is 0.742. The van der Waals surface area contributed by atoms with Crippen molar-refractivity contribution in [3.63, 3.8) is 0 Å². The lowest BCUT2D eigenvalue weighted by molar-refractivity contribution is 0.117. The van der Waals surface area contributed by atoms with E-state index in [4.69, 9.17) is 16.3 Å². The maximum atomic E-state index is 6.11. The summed E-state index contributed by atoms with van der Waals surface area (Å²) in [5.41, 5.74) is 2.28. The number of aryl methyl sites for hydroxylation is 1. The van der Waals surface area contributed by atoms with Gasteiger partial charge >= 0.3 is 0 Å². The van der Waals surface area contributed by atoms with Gasteiger partial charge in [-0.2, -0.15) is 0 Å². The highest BCUT2D eigenvalue weighted by atomic mass is 35.5. The van der Waals surface area contributed by atoms with Gasteiger partial charge in [-0.05, 0) is 26.2 Å². The molecule has 1 unspecified atom stereocenters. The van der Waals surface area contributed by atoms with Crippen LogP contribution >= 0.6 is 11.6 Å². The summed E-state index contributed by atoms with van der Waals surface area (Å²) in [4.78, 5) is 8.83. The Morgan fingerprint density at radius 2 is 2.20 bits per heavy atom. The second kappa shape index (κ2) is 4.45. The van der Waals surface area contributed by atoms with E-state index in [-0.39, 0.29) is 6.10 Å². The summed E-state index contributed by atoms with van der Waals surface area (Å²) in [5.74, 6) is 0.801. The monoisotopic (exact) mass is 226 g/mol. The fraction of sp³-hybridized carbons (Fsp3) is 0.636. The molecule has 2 rings (SSSR count). The number of halogens is 1. The van der Waals surface area contributed by atoms with E-state index < -0.39 is 0 Å². The molecule has 1 aliphatic rings. The van der Waals surface area contributed by atoms with E-state index in [9.17, 15) is 0 Å². The third-order valence-corrected chi connectivity index (χ3v) is 3.11. The molecule has 1 aliphatic carbocycles. The van der Waals surface area contributed by atoms with Gasteiger partial charge in [0.25, 0.3) is 0 Å². The van der Waals surface area contributed by atoms with E-state index in [1.165, 1.54) is 0 Å². The van der Waals surface area contributed by atoms with Crippen molar-refractivity contribution in [2.24, 2.45) is 0 Å². The number of aromatic nitrogens is 2. The van der Waals surface area contributed by atoms with E-state index >= 15 is 0 Å². The zero-order valence-corrected chi connectivity index (χ0v) is 9.84. The molecule has 0 spiro atoms. The van der Waals surface area contributed by atoms with Crippen LogP contribution in [-0.2, 0) is 24.0 Å². The van der Waals surface area contributed by atoms with Crippen molar-refractivity contribution < 1.29 is 4.74 Å². The number of ether oxygens (including phenoxy) is 1. The highest BCUT2D eigenvalue weighted by Gasteiger charge is 2.18. The summed E-state index contributed by atoms with van der Waals surface area (Å²) >= 11 is 6.11. The van der Waals surface area contributed by atoms with Crippen molar-refractivity contribution in [1.82, 2.24) is 9.97 Å². The predicted molar refractivity (Wildman–Crippen MR) is 59.2 cm³/mol. The molecule has 3 nitrogen and oxygen atoms in total. The molecular formula is C11H15ClN2O. The van der Waals surface area contributed by atoms with E-state index in [1.807, 2.05) is 6.92 Å². The first-order valence-electron chi connectivity index (χ1n) is 5.27. The first-order valence-corrected chi connectivity index (χ1v) is 5.65. The number of methoxy groups -OCH3 is 1. The highest BCUT2D eigenvalue weighted by molar-refractivity contribution is 6.30. The molecule has 1 aromatic heterocycles. The lowest BCUT2D eigenvalue weighted by Gasteiger charge is -2.09. The van der Waals surface area contributed by atoms with Crippen LogP contribution in [0.2, 0.25) is 5.15 Å². The molecule has 15 heavy (non-hydrogen) atoms. The van der Waals surface area contributed by atoms with E-state index in [0.717, 1.165) is 42.8 Å². The molecule has 0 bridgehead atoms. The van der Waals surface area contributed by atoms with Crippen LogP contribution in [0.4, 0.5) is 0 Å². The van der Waals surface area contributed by atoms with Crippen LogP contribution in [0, 0.1) is 0 Å². The molecule has 0 aliphatic heterocycles. The third kappa shape index (κ3) is 2.29. The predicted octanol–water partition coefficient (Wildman–Crippen LogP) is 2.20. The molecule has 0 saturated heterocycles. The Balaban J connectivity index is 2.23. The van der Waals surface area contributed by atoms with Crippen molar-refractivity contribution in [2.75, 3.05) is 7.11 Å². The van der Waals surface area contributed by atoms with Gasteiger partial charge in [0.2, 0.25) is 0 Å². The Morgan fingerprint density at radius 3 is 2.93 bits per heavy atom. The number of fused-ring (bicyclic) bond motifs is 1. The molecule has 4 heteroatoms. The number of nitrogens with zero attached hydrogens (tertiary/aromatic N) is 2. The minimum Gasteiger partial charge on any atom is -0.381 e. The Hall–Kier alpha value is -0.670. The van der Waals surface area contributed by atoms with Gasteiger partial charge in [0, 0.05) is 24.8 Å². The Labute approximate surface area is 94.8 Å². The Bertz CT molecular complexity index is 368. The summed E-state index contributed by atoms with van der Waals surface area (Å²) in [7, 11) is 1.69. The van der Waals surface area contributed by atoms with Gasteiger partial charge in [0.1, 0.15) is 11.0 Å². The lowest BCUT2D eigenvalue weighted by Crippen LogP contribution is -2.12. The van der Waals surface area contributed by atoms with Crippen LogP contribution in [0.5, 0.6) is 0 Å². The molecule has 0 radical (unpaired) electrons. The summed E-state index contributed by atoms with van der Waals surface area (Å²) < 4.78 is 5.19. The molecule has 0 aromatic carbocycles. The maximum absolute atomic E-state index is 6.11. The zero-order chi connectivity index (χ0) is 10.8. The average molecular weight is 227 g/mol. The van der Waals surface area contributed by atoms with E-state index in [0.29, 0.717) is 5.15 Å². The minimum atomic E-state index is 0.139. The summed E-state index contributed by atoms with van der Waals surface area (Å²) in [6.45, 7) is 2.00. The van der Waals surface area contributed by atoms with Gasteiger partial charge in [-0.25, -0.2) is 9.97 Å². The van der Waals surface area contributed by atoms with Crippen LogP contribution in [0.15, 0.2) is 0 Å². The van der Waals surface area contributed by atoms with Crippen molar-refractivity contribution in [3.05, 3.63) is 22.2 Å². The van der Waals surface area contributed by atoms with Crippen LogP contribution in [0.25, 0.3) is 0 Å².